The summed E-state index contributed by atoms with van der Waals surface area (Å²) in [6, 6.07) is 35.9. The smallest absolute Gasteiger partial charge is 0.0314 e. The molecule has 0 radical (unpaired) electrons. The average Bonchev–Trinajstić information content (AvgIpc) is 2.99. The Morgan fingerprint density at radius 1 is 0.375 bits per heavy atom. The second kappa shape index (κ2) is 14.7. The lowest BCUT2D eigenvalue weighted by Gasteiger charge is -2.22. The molecule has 0 aliphatic carbocycles. The minimum Gasteiger partial charge on any atom is -0.399 e. The summed E-state index contributed by atoms with van der Waals surface area (Å²) in [7, 11) is 0. The lowest BCUT2D eigenvalue weighted by molar-refractivity contribution is 0.617. The molecule has 4 aromatic carbocycles. The van der Waals surface area contributed by atoms with E-state index in [-0.39, 0.29) is 0 Å². The fourth-order valence-corrected chi connectivity index (χ4v) is 6.13. The van der Waals surface area contributed by atoms with Crippen molar-refractivity contribution in [3.8, 4) is 0 Å². The fourth-order valence-electron chi connectivity index (χ4n) is 6.13. The van der Waals surface area contributed by atoms with Gasteiger partial charge in [0.25, 0.3) is 0 Å². The third-order valence-electron chi connectivity index (χ3n) is 8.41. The van der Waals surface area contributed by atoms with Gasteiger partial charge in [-0.2, -0.15) is 0 Å². The van der Waals surface area contributed by atoms with Crippen molar-refractivity contribution in [1.82, 2.24) is 0 Å². The van der Waals surface area contributed by atoms with E-state index in [1.54, 1.807) is 0 Å². The average molecular weight is 533 g/mol. The monoisotopic (exact) mass is 532 g/mol. The summed E-state index contributed by atoms with van der Waals surface area (Å²) in [5.41, 5.74) is 21.9. The zero-order valence-electron chi connectivity index (χ0n) is 24.8. The summed E-state index contributed by atoms with van der Waals surface area (Å²) in [5, 5.41) is 0. The molecule has 2 heteroatoms. The zero-order chi connectivity index (χ0) is 28.3. The molecule has 0 saturated carbocycles. The molecule has 210 valence electrons. The van der Waals surface area contributed by atoms with Gasteiger partial charge in [-0.1, -0.05) is 126 Å². The maximum atomic E-state index is 5.97. The van der Waals surface area contributed by atoms with Gasteiger partial charge in [0.2, 0.25) is 0 Å². The van der Waals surface area contributed by atoms with Crippen LogP contribution in [-0.4, -0.2) is 0 Å². The highest BCUT2D eigenvalue weighted by Gasteiger charge is 2.19. The molecule has 2 nitrogen and oxygen atoms in total. The molecule has 2 unspecified atom stereocenters. The molecule has 0 amide bonds. The maximum Gasteiger partial charge on any atom is 0.0314 e. The van der Waals surface area contributed by atoms with E-state index in [9.17, 15) is 0 Å². The van der Waals surface area contributed by atoms with Crippen LogP contribution in [0.15, 0.2) is 97.1 Å². The van der Waals surface area contributed by atoms with Crippen LogP contribution >= 0.6 is 0 Å². The van der Waals surface area contributed by atoms with E-state index < -0.39 is 0 Å². The Morgan fingerprint density at radius 3 is 0.925 bits per heavy atom. The van der Waals surface area contributed by atoms with Crippen molar-refractivity contribution in [3.63, 3.8) is 0 Å². The van der Waals surface area contributed by atoms with E-state index in [0.717, 1.165) is 37.1 Å². The highest BCUT2D eigenvalue weighted by atomic mass is 14.5. The minimum absolute atomic E-state index is 0.404. The lowest BCUT2D eigenvalue weighted by atomic mass is 9.82. The van der Waals surface area contributed by atoms with Crippen LogP contribution in [0.2, 0.25) is 0 Å². The molecular weight excluding hydrogens is 484 g/mol. The molecule has 0 spiro atoms. The van der Waals surface area contributed by atoms with Gasteiger partial charge in [0.05, 0.1) is 0 Å². The predicted octanol–water partition coefficient (Wildman–Crippen LogP) is 10.4. The van der Waals surface area contributed by atoms with Crippen molar-refractivity contribution in [2.45, 2.75) is 89.9 Å². The fraction of sp³-hybridized carbons (Fsp3) is 0.368. The Morgan fingerprint density at radius 2 is 0.650 bits per heavy atom. The van der Waals surface area contributed by atoms with Crippen LogP contribution in [0, 0.1) is 0 Å². The molecule has 0 aromatic heterocycles. The summed E-state index contributed by atoms with van der Waals surface area (Å²) in [6.07, 6.45) is 9.52. The van der Waals surface area contributed by atoms with Gasteiger partial charge in [-0.15, -0.1) is 0 Å². The third-order valence-corrected chi connectivity index (χ3v) is 8.41. The quantitative estimate of drug-likeness (QED) is 0.125. The van der Waals surface area contributed by atoms with Gasteiger partial charge in [-0.25, -0.2) is 0 Å². The topological polar surface area (TPSA) is 52.0 Å². The summed E-state index contributed by atoms with van der Waals surface area (Å²) < 4.78 is 0. The summed E-state index contributed by atoms with van der Waals surface area (Å²) in [5.74, 6) is 1.22. The van der Waals surface area contributed by atoms with E-state index >= 15 is 0 Å². The maximum absolute atomic E-state index is 5.97. The number of anilines is 2. The van der Waals surface area contributed by atoms with Crippen molar-refractivity contribution in [3.05, 3.63) is 130 Å². The number of rotatable bonds is 14. The molecule has 0 heterocycles. The Bertz CT molecular complexity index is 1170. The predicted molar refractivity (Wildman–Crippen MR) is 174 cm³/mol. The second-order valence-electron chi connectivity index (χ2n) is 11.4. The molecule has 0 fully saturated rings. The SMILES string of the molecule is CCCCCC(c1ccc(C(CCC)c2ccc(N)cc2)cc1)c1ccc(C(CCC)c2ccc(N)cc2)cc1. The van der Waals surface area contributed by atoms with E-state index in [4.69, 9.17) is 11.5 Å². The van der Waals surface area contributed by atoms with Crippen molar-refractivity contribution in [1.29, 1.82) is 0 Å². The minimum atomic E-state index is 0.404. The van der Waals surface area contributed by atoms with E-state index in [1.165, 1.54) is 59.1 Å². The van der Waals surface area contributed by atoms with Crippen LogP contribution in [0.1, 0.15) is 123 Å². The highest BCUT2D eigenvalue weighted by Crippen LogP contribution is 2.36. The first-order valence-corrected chi connectivity index (χ1v) is 15.4. The van der Waals surface area contributed by atoms with Gasteiger partial charge in [-0.3, -0.25) is 0 Å². The molecule has 0 saturated heterocycles. The number of benzene rings is 4. The van der Waals surface area contributed by atoms with E-state index in [0.29, 0.717) is 17.8 Å². The van der Waals surface area contributed by atoms with Crippen molar-refractivity contribution < 1.29 is 0 Å². The standard InChI is InChI=1S/C38H48N2/c1-4-7-8-11-38(30-16-12-28(13-17-30)36(9-5-2)32-20-24-34(39)25-21-32)31-18-14-29(15-19-31)37(10-6-3)33-22-26-35(40)27-23-33/h12-27,36-38H,4-11,39-40H2,1-3H3. The molecule has 0 aliphatic heterocycles. The van der Waals surface area contributed by atoms with Crippen LogP contribution in [0.4, 0.5) is 11.4 Å². The lowest BCUT2D eigenvalue weighted by Crippen LogP contribution is -2.06. The largest absolute Gasteiger partial charge is 0.399 e. The molecule has 0 bridgehead atoms. The molecule has 4 N–H and O–H groups in total. The van der Waals surface area contributed by atoms with Crippen molar-refractivity contribution in [2.24, 2.45) is 0 Å². The first kappa shape index (κ1) is 29.5. The number of hydrogen-bond acceptors (Lipinski definition) is 2. The molecular formula is C38H48N2. The molecule has 0 aliphatic rings. The Balaban J connectivity index is 1.60. The van der Waals surface area contributed by atoms with Crippen molar-refractivity contribution >= 4 is 11.4 Å². The Labute approximate surface area is 242 Å². The number of hydrogen-bond donors (Lipinski definition) is 2. The highest BCUT2D eigenvalue weighted by molar-refractivity contribution is 5.45. The normalized spacial score (nSPS) is 13.6. The molecule has 4 aromatic rings. The zero-order valence-corrected chi connectivity index (χ0v) is 24.8. The molecule has 4 rings (SSSR count). The van der Waals surface area contributed by atoms with E-state index in [1.807, 2.05) is 24.3 Å². The van der Waals surface area contributed by atoms with Gasteiger partial charge < -0.3 is 11.5 Å². The summed E-state index contributed by atoms with van der Waals surface area (Å²) in [4.78, 5) is 0. The van der Waals surface area contributed by atoms with E-state index in [2.05, 4.69) is 93.6 Å². The van der Waals surface area contributed by atoms with Crippen LogP contribution in [-0.2, 0) is 0 Å². The van der Waals surface area contributed by atoms with Crippen molar-refractivity contribution in [2.75, 3.05) is 11.5 Å². The summed E-state index contributed by atoms with van der Waals surface area (Å²) >= 11 is 0. The first-order valence-electron chi connectivity index (χ1n) is 15.4. The van der Waals surface area contributed by atoms with Gasteiger partial charge in [0.1, 0.15) is 0 Å². The van der Waals surface area contributed by atoms with Gasteiger partial charge in [-0.05, 0) is 76.9 Å². The molecule has 40 heavy (non-hydrogen) atoms. The van der Waals surface area contributed by atoms with Crippen LogP contribution < -0.4 is 11.5 Å². The summed E-state index contributed by atoms with van der Waals surface area (Å²) in [6.45, 7) is 6.82. The van der Waals surface area contributed by atoms with Gasteiger partial charge in [0, 0.05) is 29.1 Å². The Hall–Kier alpha value is -3.52. The number of unbranched alkanes of at least 4 members (excludes halogenated alkanes) is 2. The van der Waals surface area contributed by atoms with Gasteiger partial charge >= 0.3 is 0 Å². The Kier molecular flexibility index (Phi) is 10.9. The van der Waals surface area contributed by atoms with Gasteiger partial charge in [0.15, 0.2) is 0 Å². The second-order valence-corrected chi connectivity index (χ2v) is 11.4. The third kappa shape index (κ3) is 7.56. The number of nitrogens with two attached hydrogens (primary N) is 2. The first-order chi connectivity index (χ1) is 19.5. The van der Waals surface area contributed by atoms with Crippen LogP contribution in [0.3, 0.4) is 0 Å². The van der Waals surface area contributed by atoms with Crippen LogP contribution in [0.5, 0.6) is 0 Å². The van der Waals surface area contributed by atoms with Crippen LogP contribution in [0.25, 0.3) is 0 Å². The molecule has 2 atom stereocenters. The number of nitrogen functional groups attached to an aromatic ring is 2.